The van der Waals surface area contributed by atoms with Crippen molar-refractivity contribution in [3.05, 3.63) is 29.3 Å². The Balaban J connectivity index is 0.000000579. The van der Waals surface area contributed by atoms with Crippen molar-refractivity contribution < 1.29 is 19.8 Å². The van der Waals surface area contributed by atoms with Crippen LogP contribution in [0.15, 0.2) is 18.2 Å². The number of aromatic carboxylic acids is 1. The third-order valence-corrected chi connectivity index (χ3v) is 10.6. The summed E-state index contributed by atoms with van der Waals surface area (Å²) in [6, 6.07) is 3.87. The number of unbranched alkanes of at least 4 members (excludes halogenated alkanes) is 4. The first-order valence-corrected chi connectivity index (χ1v) is 14.2. The summed E-state index contributed by atoms with van der Waals surface area (Å²) < 4.78 is 0. The molecule has 0 radical (unpaired) electrons. The van der Waals surface area contributed by atoms with Crippen molar-refractivity contribution in [3.8, 4) is 5.75 Å². The molecule has 0 unspecified atom stereocenters. The molecule has 0 aliphatic heterocycles. The summed E-state index contributed by atoms with van der Waals surface area (Å²) in [5.74, 6) is -2.45. The molecule has 0 aliphatic rings. The number of hydrogen-bond donors (Lipinski definition) is 1. The second-order valence-corrected chi connectivity index (χ2v) is 12.7. The summed E-state index contributed by atoms with van der Waals surface area (Å²) >= 11 is 0. The smallest absolute Gasteiger partial charge is 0.335 e. The van der Waals surface area contributed by atoms with Crippen molar-refractivity contribution in [2.45, 2.75) is 86.0 Å². The number of carboxylic acid groups (broad SMARTS) is 1. The van der Waals surface area contributed by atoms with Crippen molar-refractivity contribution >= 4 is 19.0 Å². The third kappa shape index (κ3) is 10.6. The lowest BCUT2D eigenvalue weighted by Crippen LogP contribution is -2.12. The fourth-order valence-corrected chi connectivity index (χ4v) is 8.92. The van der Waals surface area contributed by atoms with Gasteiger partial charge in [-0.15, -0.1) is 0 Å². The van der Waals surface area contributed by atoms with Gasteiger partial charge < -0.3 is 10.2 Å². The molecule has 1 aromatic carbocycles. The van der Waals surface area contributed by atoms with E-state index in [1.54, 1.807) is 24.6 Å². The molecule has 0 atom stereocenters. The van der Waals surface area contributed by atoms with Gasteiger partial charge in [0.05, 0.1) is 30.2 Å². The van der Waals surface area contributed by atoms with Crippen LogP contribution in [0.25, 0.3) is 0 Å². The molecule has 5 heteroatoms. The predicted molar refractivity (Wildman–Crippen MR) is 129 cm³/mol. The van der Waals surface area contributed by atoms with Gasteiger partial charge in [-0.25, -0.2) is 4.79 Å². The molecule has 1 N–H and O–H groups in total. The first-order chi connectivity index (χ1) is 14.3. The molecule has 172 valence electrons. The van der Waals surface area contributed by atoms with Crippen molar-refractivity contribution in [2.75, 3.05) is 24.6 Å². The Morgan fingerprint density at radius 1 is 0.800 bits per heavy atom. The Hall–Kier alpha value is -1.41. The molecule has 0 spiro atoms. The van der Waals surface area contributed by atoms with Crippen LogP contribution in [0, 0.1) is 0 Å². The maximum atomic E-state index is 11.3. The van der Waals surface area contributed by atoms with E-state index in [-0.39, 0.29) is 11.1 Å². The molecule has 0 bridgehead atoms. The number of rotatable bonds is 14. The van der Waals surface area contributed by atoms with Crippen LogP contribution in [-0.4, -0.2) is 41.5 Å². The molecular weight excluding hydrogens is 395 g/mol. The molecule has 0 aliphatic carbocycles. The van der Waals surface area contributed by atoms with Gasteiger partial charge in [-0.1, -0.05) is 71.3 Å². The summed E-state index contributed by atoms with van der Waals surface area (Å²) in [5.41, 5.74) is -0.451. The number of benzene rings is 1. The molecule has 1 aromatic rings. The Kier molecular flexibility index (Phi) is 15.5. The van der Waals surface area contributed by atoms with E-state index >= 15 is 0 Å². The van der Waals surface area contributed by atoms with Crippen LogP contribution in [0.2, 0.25) is 0 Å². The summed E-state index contributed by atoms with van der Waals surface area (Å²) in [6.45, 7) is 10.6. The Bertz CT molecular complexity index is 558. The maximum Gasteiger partial charge on any atom is 0.335 e. The molecule has 4 nitrogen and oxygen atoms in total. The van der Waals surface area contributed by atoms with Gasteiger partial charge in [0.25, 0.3) is 0 Å². The molecule has 0 fully saturated rings. The molecule has 30 heavy (non-hydrogen) atoms. The lowest BCUT2D eigenvalue weighted by molar-refractivity contribution is -0.269. The van der Waals surface area contributed by atoms with Crippen LogP contribution in [0.3, 0.4) is 0 Å². The highest BCUT2D eigenvalue weighted by atomic mass is 31.2. The van der Waals surface area contributed by atoms with E-state index in [9.17, 15) is 14.7 Å². The third-order valence-electron chi connectivity index (χ3n) is 5.57. The zero-order valence-corrected chi connectivity index (χ0v) is 20.7. The quantitative estimate of drug-likeness (QED) is 0.254. The van der Waals surface area contributed by atoms with Crippen LogP contribution in [-0.2, 0) is 0 Å². The first kappa shape index (κ1) is 28.6. The molecule has 0 saturated heterocycles. The van der Waals surface area contributed by atoms with Crippen LogP contribution < -0.4 is 5.11 Å². The highest BCUT2D eigenvalue weighted by Gasteiger charge is 2.34. The molecular formula is C25H43O4P. The molecule has 0 amide bonds. The van der Waals surface area contributed by atoms with E-state index in [1.807, 2.05) is 0 Å². The minimum absolute atomic E-state index is 0.0834. The lowest BCUT2D eigenvalue weighted by Gasteiger charge is -2.28. The summed E-state index contributed by atoms with van der Waals surface area (Å²) in [4.78, 5) is 21.3. The average molecular weight is 439 g/mol. The maximum absolute atomic E-state index is 11.3. The van der Waals surface area contributed by atoms with Crippen LogP contribution >= 0.6 is 7.26 Å². The van der Waals surface area contributed by atoms with Crippen LogP contribution in [0.5, 0.6) is 5.75 Å². The standard InChI is InChI=1S/C16H36P.C9H8O4/c1-5-9-13-17(14-10-6-2,15-11-7-3)16-12-8-4;1-5(10)6-3-2-4-7(8(6)11)9(12)13/h5-16H2,1-4H3;2-4,11H,1H3,(H,12,13)/q+1;/p-1. The number of Topliss-reactive ketones (excluding diaryl/α,β-unsaturated/α-hetero) is 1. The molecule has 0 heterocycles. The van der Waals surface area contributed by atoms with E-state index in [4.69, 9.17) is 5.11 Å². The number of para-hydroxylation sites is 1. The summed E-state index contributed by atoms with van der Waals surface area (Å²) in [6.07, 6.45) is 17.9. The molecule has 1 rings (SSSR count). The minimum atomic E-state index is -1.31. The van der Waals surface area contributed by atoms with Crippen molar-refractivity contribution in [1.29, 1.82) is 0 Å². The van der Waals surface area contributed by atoms with Gasteiger partial charge in [0, 0.05) is 12.8 Å². The van der Waals surface area contributed by atoms with Gasteiger partial charge in [-0.2, -0.15) is 0 Å². The van der Waals surface area contributed by atoms with E-state index in [2.05, 4.69) is 27.7 Å². The fraction of sp³-hybridized carbons (Fsp3) is 0.680. The van der Waals surface area contributed by atoms with Crippen molar-refractivity contribution in [2.24, 2.45) is 0 Å². The largest absolute Gasteiger partial charge is 0.871 e. The number of carbonyl (C=O) groups is 2. The summed E-state index contributed by atoms with van der Waals surface area (Å²) in [5, 5.41) is 19.8. The fourth-order valence-electron chi connectivity index (χ4n) is 3.63. The van der Waals surface area contributed by atoms with E-state index in [0.717, 1.165) is 0 Å². The van der Waals surface area contributed by atoms with E-state index in [0.29, 0.717) is 0 Å². The van der Waals surface area contributed by atoms with Crippen LogP contribution in [0.1, 0.15) is 107 Å². The number of ketones is 1. The topological polar surface area (TPSA) is 77.4 Å². The monoisotopic (exact) mass is 438 g/mol. The van der Waals surface area contributed by atoms with Crippen molar-refractivity contribution in [3.63, 3.8) is 0 Å². The van der Waals surface area contributed by atoms with E-state index < -0.39 is 24.8 Å². The van der Waals surface area contributed by atoms with Gasteiger partial charge in [0.15, 0.2) is 5.78 Å². The highest BCUT2D eigenvalue weighted by molar-refractivity contribution is 7.75. The first-order valence-electron chi connectivity index (χ1n) is 11.7. The van der Waals surface area contributed by atoms with Gasteiger partial charge >= 0.3 is 5.97 Å². The SMILES string of the molecule is CC(=O)c1cccc(C(=O)O)c1[O-].CCCC[P+](CCCC)(CCCC)CCCC. The number of hydrogen-bond acceptors (Lipinski definition) is 3. The molecule has 0 aromatic heterocycles. The van der Waals surface area contributed by atoms with Gasteiger partial charge in [-0.05, 0) is 38.7 Å². The normalized spacial score (nSPS) is 11.0. The van der Waals surface area contributed by atoms with Gasteiger partial charge in [-0.3, -0.25) is 4.79 Å². The number of carbonyl (C=O) groups excluding carboxylic acids is 1. The summed E-state index contributed by atoms with van der Waals surface area (Å²) in [7, 11) is -0.562. The van der Waals surface area contributed by atoms with Gasteiger partial charge in [0.2, 0.25) is 0 Å². The predicted octanol–water partition coefficient (Wildman–Crippen LogP) is 6.87. The zero-order valence-electron chi connectivity index (χ0n) is 19.8. The lowest BCUT2D eigenvalue weighted by atomic mass is 10.1. The van der Waals surface area contributed by atoms with E-state index in [1.165, 1.54) is 76.5 Å². The Labute approximate surface area is 184 Å². The van der Waals surface area contributed by atoms with Gasteiger partial charge in [0.1, 0.15) is 0 Å². The molecule has 0 saturated carbocycles. The zero-order chi connectivity index (χ0) is 23.0. The second kappa shape index (κ2) is 16.3. The minimum Gasteiger partial charge on any atom is -0.871 e. The number of carboxylic acids is 1. The Morgan fingerprint density at radius 3 is 1.47 bits per heavy atom. The van der Waals surface area contributed by atoms with Crippen LogP contribution in [0.4, 0.5) is 0 Å². The van der Waals surface area contributed by atoms with Crippen molar-refractivity contribution in [1.82, 2.24) is 0 Å². The highest BCUT2D eigenvalue weighted by Crippen LogP contribution is 2.61. The Morgan fingerprint density at radius 2 is 1.17 bits per heavy atom. The average Bonchev–Trinajstić information content (AvgIpc) is 2.73. The second-order valence-electron chi connectivity index (χ2n) is 8.19.